The van der Waals surface area contributed by atoms with Crippen molar-refractivity contribution >= 4 is 0 Å². The molecule has 0 spiro atoms. The van der Waals surface area contributed by atoms with E-state index in [2.05, 4.69) is 24.3 Å². The van der Waals surface area contributed by atoms with E-state index >= 15 is 0 Å². The fourth-order valence-electron chi connectivity index (χ4n) is 1.93. The van der Waals surface area contributed by atoms with E-state index in [0.29, 0.717) is 25.6 Å². The first-order valence-electron chi connectivity index (χ1n) is 6.90. The summed E-state index contributed by atoms with van der Waals surface area (Å²) in [6.45, 7) is 9.65. The molecule has 1 aromatic heterocycles. The summed E-state index contributed by atoms with van der Waals surface area (Å²) >= 11 is 0. The highest BCUT2D eigenvalue weighted by molar-refractivity contribution is 5.02. The van der Waals surface area contributed by atoms with Crippen molar-refractivity contribution in [1.82, 2.24) is 10.5 Å². The van der Waals surface area contributed by atoms with Crippen LogP contribution in [0, 0.1) is 12.8 Å². The summed E-state index contributed by atoms with van der Waals surface area (Å²) in [6, 6.07) is 1.88. The summed E-state index contributed by atoms with van der Waals surface area (Å²) in [7, 11) is 0. The monoisotopic (exact) mass is 270 g/mol. The first kappa shape index (κ1) is 16.1. The van der Waals surface area contributed by atoms with Crippen molar-refractivity contribution in [2.75, 3.05) is 13.2 Å². The highest BCUT2D eigenvalue weighted by Gasteiger charge is 2.10. The van der Waals surface area contributed by atoms with Gasteiger partial charge in [0.25, 0.3) is 0 Å². The molecule has 1 aromatic rings. The third kappa shape index (κ3) is 7.30. The van der Waals surface area contributed by atoms with E-state index in [0.717, 1.165) is 17.9 Å². The Morgan fingerprint density at radius 1 is 1.42 bits per heavy atom. The Hall–Kier alpha value is -0.910. The lowest BCUT2D eigenvalue weighted by atomic mass is 10.1. The maximum absolute atomic E-state index is 9.78. The Morgan fingerprint density at radius 3 is 2.74 bits per heavy atom. The van der Waals surface area contributed by atoms with Gasteiger partial charge in [-0.2, -0.15) is 0 Å². The second-order valence-corrected chi connectivity index (χ2v) is 5.49. The van der Waals surface area contributed by atoms with E-state index in [9.17, 15) is 5.11 Å². The molecule has 2 unspecified atom stereocenters. The van der Waals surface area contributed by atoms with Crippen LogP contribution in [-0.4, -0.2) is 35.6 Å². The Kier molecular flexibility index (Phi) is 7.05. The normalized spacial score (nSPS) is 14.8. The predicted octanol–water partition coefficient (Wildman–Crippen LogP) is 1.88. The Labute approximate surface area is 115 Å². The van der Waals surface area contributed by atoms with Crippen LogP contribution in [0.25, 0.3) is 0 Å². The maximum atomic E-state index is 9.78. The minimum atomic E-state index is -0.501. The first-order valence-corrected chi connectivity index (χ1v) is 6.90. The van der Waals surface area contributed by atoms with Gasteiger partial charge in [-0.3, -0.25) is 0 Å². The quantitative estimate of drug-likeness (QED) is 0.717. The zero-order valence-electron chi connectivity index (χ0n) is 12.3. The SMILES string of the molecule is Cc1cc(CNCC(O)COC(C)CC(C)C)on1. The number of ether oxygens (including phenoxy) is 1. The third-order valence-corrected chi connectivity index (χ3v) is 2.73. The molecule has 5 nitrogen and oxygen atoms in total. The minimum absolute atomic E-state index is 0.187. The Bertz CT molecular complexity index is 352. The average molecular weight is 270 g/mol. The van der Waals surface area contributed by atoms with Gasteiger partial charge >= 0.3 is 0 Å². The lowest BCUT2D eigenvalue weighted by molar-refractivity contribution is -0.00870. The smallest absolute Gasteiger partial charge is 0.150 e. The molecule has 5 heteroatoms. The van der Waals surface area contributed by atoms with E-state index in [1.807, 2.05) is 19.9 Å². The summed E-state index contributed by atoms with van der Waals surface area (Å²) in [5.74, 6) is 1.39. The molecule has 0 fully saturated rings. The van der Waals surface area contributed by atoms with Crippen molar-refractivity contribution in [3.05, 3.63) is 17.5 Å². The predicted molar refractivity (Wildman–Crippen MR) is 73.8 cm³/mol. The van der Waals surface area contributed by atoms with Crippen molar-refractivity contribution in [1.29, 1.82) is 0 Å². The van der Waals surface area contributed by atoms with Gasteiger partial charge in [-0.1, -0.05) is 19.0 Å². The number of aliphatic hydroxyl groups is 1. The molecule has 0 bridgehead atoms. The molecule has 110 valence electrons. The molecule has 2 N–H and O–H groups in total. The highest BCUT2D eigenvalue weighted by atomic mass is 16.5. The molecule has 0 aromatic carbocycles. The summed E-state index contributed by atoms with van der Waals surface area (Å²) in [6.07, 6.45) is 0.697. The summed E-state index contributed by atoms with van der Waals surface area (Å²) in [5, 5.41) is 16.7. The zero-order valence-corrected chi connectivity index (χ0v) is 12.3. The van der Waals surface area contributed by atoms with Gasteiger partial charge in [0.1, 0.15) is 0 Å². The second kappa shape index (κ2) is 8.30. The second-order valence-electron chi connectivity index (χ2n) is 5.49. The number of nitrogens with zero attached hydrogens (tertiary/aromatic N) is 1. The van der Waals surface area contributed by atoms with Gasteiger partial charge in [0, 0.05) is 12.6 Å². The van der Waals surface area contributed by atoms with Crippen LogP contribution in [0.1, 0.15) is 38.6 Å². The molecule has 0 radical (unpaired) electrons. The molecule has 0 amide bonds. The molecule has 0 aliphatic heterocycles. The van der Waals surface area contributed by atoms with Crippen LogP contribution in [-0.2, 0) is 11.3 Å². The van der Waals surface area contributed by atoms with Crippen LogP contribution >= 0.6 is 0 Å². The highest BCUT2D eigenvalue weighted by Crippen LogP contribution is 2.07. The standard InChI is InChI=1S/C14H26N2O3/c1-10(2)5-12(4)18-9-13(17)7-15-8-14-6-11(3)16-19-14/h6,10,12-13,15,17H,5,7-9H2,1-4H3. The van der Waals surface area contributed by atoms with E-state index in [4.69, 9.17) is 9.26 Å². The fourth-order valence-corrected chi connectivity index (χ4v) is 1.93. The average Bonchev–Trinajstić information content (AvgIpc) is 2.71. The molecule has 0 aliphatic rings. The summed E-state index contributed by atoms with van der Waals surface area (Å²) < 4.78 is 10.7. The van der Waals surface area contributed by atoms with Gasteiger partial charge in [-0.25, -0.2) is 0 Å². The number of rotatable bonds is 9. The largest absolute Gasteiger partial charge is 0.389 e. The van der Waals surface area contributed by atoms with E-state index < -0.39 is 6.10 Å². The molecule has 19 heavy (non-hydrogen) atoms. The van der Waals surface area contributed by atoms with Crippen LogP contribution in [0.15, 0.2) is 10.6 Å². The topological polar surface area (TPSA) is 67.5 Å². The minimum Gasteiger partial charge on any atom is -0.389 e. The van der Waals surface area contributed by atoms with Gasteiger partial charge in [-0.05, 0) is 26.2 Å². The molecule has 2 atom stereocenters. The van der Waals surface area contributed by atoms with Gasteiger partial charge in [-0.15, -0.1) is 0 Å². The van der Waals surface area contributed by atoms with Crippen molar-refractivity contribution in [3.8, 4) is 0 Å². The van der Waals surface area contributed by atoms with Crippen LogP contribution < -0.4 is 5.32 Å². The third-order valence-electron chi connectivity index (χ3n) is 2.73. The van der Waals surface area contributed by atoms with Gasteiger partial charge in [0.15, 0.2) is 5.76 Å². The van der Waals surface area contributed by atoms with Gasteiger partial charge in [0.2, 0.25) is 0 Å². The lowest BCUT2D eigenvalue weighted by Crippen LogP contribution is -2.31. The molecular weight excluding hydrogens is 244 g/mol. The first-order chi connectivity index (χ1) is 8.97. The van der Waals surface area contributed by atoms with Crippen molar-refractivity contribution in [2.24, 2.45) is 5.92 Å². The summed E-state index contributed by atoms with van der Waals surface area (Å²) in [4.78, 5) is 0. The molecular formula is C14H26N2O3. The van der Waals surface area contributed by atoms with E-state index in [1.165, 1.54) is 0 Å². The van der Waals surface area contributed by atoms with Crippen LogP contribution in [0.2, 0.25) is 0 Å². The van der Waals surface area contributed by atoms with E-state index in [-0.39, 0.29) is 6.10 Å². The maximum Gasteiger partial charge on any atom is 0.150 e. The number of aryl methyl sites for hydroxylation is 1. The molecule has 1 rings (SSSR count). The molecule has 0 saturated heterocycles. The van der Waals surface area contributed by atoms with Gasteiger partial charge in [0.05, 0.1) is 31.1 Å². The lowest BCUT2D eigenvalue weighted by Gasteiger charge is -2.18. The number of nitrogens with one attached hydrogen (secondary N) is 1. The Balaban J connectivity index is 2.09. The molecule has 0 aliphatic carbocycles. The zero-order chi connectivity index (χ0) is 14.3. The number of hydrogen-bond acceptors (Lipinski definition) is 5. The fraction of sp³-hybridized carbons (Fsp3) is 0.786. The number of hydrogen-bond donors (Lipinski definition) is 2. The van der Waals surface area contributed by atoms with Crippen molar-refractivity contribution in [3.63, 3.8) is 0 Å². The van der Waals surface area contributed by atoms with Gasteiger partial charge < -0.3 is 19.7 Å². The number of aliphatic hydroxyl groups excluding tert-OH is 1. The Morgan fingerprint density at radius 2 is 2.16 bits per heavy atom. The van der Waals surface area contributed by atoms with Crippen LogP contribution in [0.4, 0.5) is 0 Å². The van der Waals surface area contributed by atoms with Crippen molar-refractivity contribution in [2.45, 2.75) is 52.9 Å². The van der Waals surface area contributed by atoms with Crippen LogP contribution in [0.3, 0.4) is 0 Å². The van der Waals surface area contributed by atoms with E-state index in [1.54, 1.807) is 0 Å². The summed E-state index contributed by atoms with van der Waals surface area (Å²) in [5.41, 5.74) is 0.864. The van der Waals surface area contributed by atoms with Crippen molar-refractivity contribution < 1.29 is 14.4 Å². The molecule has 1 heterocycles. The molecule has 0 saturated carbocycles. The van der Waals surface area contributed by atoms with Crippen LogP contribution in [0.5, 0.6) is 0 Å². The number of aromatic nitrogens is 1.